The number of halogens is 1. The van der Waals surface area contributed by atoms with Crippen LogP contribution in [-0.4, -0.2) is 38.6 Å². The average Bonchev–Trinajstić information content (AvgIpc) is 3.25. The number of anilines is 1. The Balaban J connectivity index is 1.69. The monoisotopic (exact) mass is 381 g/mol. The lowest BCUT2D eigenvalue weighted by atomic mass is 10.1. The third-order valence-electron chi connectivity index (χ3n) is 5.26. The van der Waals surface area contributed by atoms with Crippen LogP contribution in [-0.2, 0) is 15.2 Å². The van der Waals surface area contributed by atoms with Crippen molar-refractivity contribution < 1.29 is 13.9 Å². The molecule has 1 saturated heterocycles. The minimum atomic E-state index is -1.40. The van der Waals surface area contributed by atoms with Gasteiger partial charge >= 0.3 is 0 Å². The van der Waals surface area contributed by atoms with Crippen molar-refractivity contribution in [2.75, 3.05) is 18.5 Å². The Kier molecular flexibility index (Phi) is 3.74. The fourth-order valence-corrected chi connectivity index (χ4v) is 3.53. The molecule has 1 saturated carbocycles. The molecule has 0 aromatic carbocycles. The van der Waals surface area contributed by atoms with E-state index in [4.69, 9.17) is 4.74 Å². The molecule has 2 aliphatic rings. The van der Waals surface area contributed by atoms with Gasteiger partial charge in [0.15, 0.2) is 11.5 Å². The molecule has 8 heteroatoms. The van der Waals surface area contributed by atoms with Gasteiger partial charge in [-0.2, -0.15) is 0 Å². The van der Waals surface area contributed by atoms with Crippen molar-refractivity contribution in [2.45, 2.75) is 38.4 Å². The first kappa shape index (κ1) is 17.2. The largest absolute Gasteiger partial charge is 0.377 e. The molecule has 0 unspecified atom stereocenters. The lowest BCUT2D eigenvalue weighted by Gasteiger charge is -2.28. The lowest BCUT2D eigenvalue weighted by molar-refractivity contribution is -0.114. The van der Waals surface area contributed by atoms with Crippen LogP contribution in [0.2, 0.25) is 0 Å². The zero-order chi connectivity index (χ0) is 19.5. The van der Waals surface area contributed by atoms with Crippen LogP contribution in [0.4, 0.5) is 10.2 Å². The van der Waals surface area contributed by atoms with Gasteiger partial charge in [0.05, 0.1) is 36.7 Å². The summed E-state index contributed by atoms with van der Waals surface area (Å²) in [5.74, 6) is 0.541. The SMILES string of the molecule is CC(=O)Nc1cc2c(-c3cc(C)nc(C4(F)CC4)n3)cn(C3COC3)c2cn1. The van der Waals surface area contributed by atoms with Crippen molar-refractivity contribution in [3.63, 3.8) is 0 Å². The molecule has 7 nitrogen and oxygen atoms in total. The van der Waals surface area contributed by atoms with Crippen molar-refractivity contribution in [1.82, 2.24) is 19.5 Å². The third kappa shape index (κ3) is 2.84. The number of alkyl halides is 1. The number of rotatable bonds is 4. The molecule has 2 fully saturated rings. The molecule has 0 atom stereocenters. The van der Waals surface area contributed by atoms with E-state index in [2.05, 4.69) is 24.8 Å². The maximum atomic E-state index is 14.6. The summed E-state index contributed by atoms with van der Waals surface area (Å²) in [5, 5.41) is 3.62. The highest BCUT2D eigenvalue weighted by Gasteiger charge is 2.48. The standard InChI is InChI=1S/C20H20FN5O2/c1-11-5-16(25-19(23-11)20(21)3-4-20)15-8-26(13-9-28-10-13)17-7-22-18(6-14(15)17)24-12(2)27/h5-8,13H,3-4,9-10H2,1-2H3,(H,22,24,27). The quantitative estimate of drug-likeness (QED) is 0.750. The third-order valence-corrected chi connectivity index (χ3v) is 5.26. The number of hydrogen-bond acceptors (Lipinski definition) is 5. The van der Waals surface area contributed by atoms with E-state index in [1.165, 1.54) is 6.92 Å². The Hall–Kier alpha value is -2.87. The van der Waals surface area contributed by atoms with Crippen LogP contribution in [0.25, 0.3) is 22.2 Å². The lowest BCUT2D eigenvalue weighted by Crippen LogP contribution is -2.30. The van der Waals surface area contributed by atoms with Gasteiger partial charge in [-0.1, -0.05) is 0 Å². The fraction of sp³-hybridized carbons (Fsp3) is 0.400. The van der Waals surface area contributed by atoms with Crippen LogP contribution in [0.1, 0.15) is 37.3 Å². The van der Waals surface area contributed by atoms with Crippen LogP contribution in [0.3, 0.4) is 0 Å². The molecule has 1 aliphatic carbocycles. The highest BCUT2D eigenvalue weighted by atomic mass is 19.1. The van der Waals surface area contributed by atoms with Gasteiger partial charge in [0, 0.05) is 29.8 Å². The molecule has 0 spiro atoms. The zero-order valence-electron chi connectivity index (χ0n) is 15.7. The fourth-order valence-electron chi connectivity index (χ4n) is 3.53. The molecule has 0 radical (unpaired) electrons. The van der Waals surface area contributed by atoms with Gasteiger partial charge in [-0.15, -0.1) is 0 Å². The predicted molar refractivity (Wildman–Crippen MR) is 102 cm³/mol. The highest BCUT2D eigenvalue weighted by molar-refractivity contribution is 5.98. The van der Waals surface area contributed by atoms with Gasteiger partial charge in [-0.05, 0) is 31.9 Å². The Labute approximate surface area is 161 Å². The van der Waals surface area contributed by atoms with E-state index >= 15 is 0 Å². The van der Waals surface area contributed by atoms with Crippen LogP contribution in [0, 0.1) is 6.92 Å². The van der Waals surface area contributed by atoms with Crippen molar-refractivity contribution >= 4 is 22.6 Å². The number of amides is 1. The molecule has 3 aromatic heterocycles. The minimum Gasteiger partial charge on any atom is -0.377 e. The number of hydrogen-bond donors (Lipinski definition) is 1. The Bertz CT molecular complexity index is 1100. The number of carbonyl (C=O) groups is 1. The number of pyridine rings is 1. The summed E-state index contributed by atoms with van der Waals surface area (Å²) in [6.45, 7) is 4.57. The maximum Gasteiger partial charge on any atom is 0.222 e. The number of carbonyl (C=O) groups excluding carboxylic acids is 1. The van der Waals surface area contributed by atoms with E-state index in [1.807, 2.05) is 25.3 Å². The molecule has 3 aromatic rings. The van der Waals surface area contributed by atoms with Crippen LogP contribution in [0.15, 0.2) is 24.5 Å². The summed E-state index contributed by atoms with van der Waals surface area (Å²) in [6, 6.07) is 3.93. The summed E-state index contributed by atoms with van der Waals surface area (Å²) in [6.07, 6.45) is 4.69. The first-order valence-corrected chi connectivity index (χ1v) is 9.34. The number of nitrogens with one attached hydrogen (secondary N) is 1. The Morgan fingerprint density at radius 3 is 2.75 bits per heavy atom. The number of ether oxygens (including phenoxy) is 1. The summed E-state index contributed by atoms with van der Waals surface area (Å²) in [7, 11) is 0. The number of fused-ring (bicyclic) bond motifs is 1. The number of aryl methyl sites for hydroxylation is 1. The summed E-state index contributed by atoms with van der Waals surface area (Å²) >= 11 is 0. The summed E-state index contributed by atoms with van der Waals surface area (Å²) in [4.78, 5) is 24.7. The minimum absolute atomic E-state index is 0.187. The molecule has 144 valence electrons. The van der Waals surface area contributed by atoms with Crippen molar-refractivity contribution in [1.29, 1.82) is 0 Å². The van der Waals surface area contributed by atoms with E-state index in [-0.39, 0.29) is 17.8 Å². The molecule has 0 bridgehead atoms. The van der Waals surface area contributed by atoms with E-state index in [1.54, 1.807) is 6.20 Å². The average molecular weight is 381 g/mol. The second kappa shape index (κ2) is 6.07. The van der Waals surface area contributed by atoms with Crippen LogP contribution < -0.4 is 5.32 Å². The highest BCUT2D eigenvalue weighted by Crippen LogP contribution is 2.48. The van der Waals surface area contributed by atoms with Crippen molar-refractivity contribution in [2.24, 2.45) is 0 Å². The number of nitrogens with zero attached hydrogens (tertiary/aromatic N) is 4. The second-order valence-electron chi connectivity index (χ2n) is 7.59. The first-order valence-electron chi connectivity index (χ1n) is 9.34. The van der Waals surface area contributed by atoms with E-state index in [0.717, 1.165) is 22.2 Å². The topological polar surface area (TPSA) is 81.9 Å². The van der Waals surface area contributed by atoms with Crippen LogP contribution in [0.5, 0.6) is 0 Å². The van der Waals surface area contributed by atoms with Gasteiger partial charge in [0.1, 0.15) is 5.82 Å². The molecular weight excluding hydrogens is 361 g/mol. The Morgan fingerprint density at radius 2 is 2.11 bits per heavy atom. The molecule has 1 N–H and O–H groups in total. The van der Waals surface area contributed by atoms with Crippen LogP contribution >= 0.6 is 0 Å². The van der Waals surface area contributed by atoms with Crippen molar-refractivity contribution in [3.05, 3.63) is 36.0 Å². The molecule has 1 amide bonds. The zero-order valence-corrected chi connectivity index (χ0v) is 15.7. The molecule has 4 heterocycles. The van der Waals surface area contributed by atoms with Gasteiger partial charge in [-0.25, -0.2) is 19.3 Å². The molecule has 1 aliphatic heterocycles. The summed E-state index contributed by atoms with van der Waals surface area (Å²) < 4.78 is 22.1. The second-order valence-corrected chi connectivity index (χ2v) is 7.59. The van der Waals surface area contributed by atoms with E-state index < -0.39 is 5.67 Å². The Morgan fingerprint density at radius 1 is 1.32 bits per heavy atom. The predicted octanol–water partition coefficient (Wildman–Crippen LogP) is 3.29. The maximum absolute atomic E-state index is 14.6. The van der Waals surface area contributed by atoms with E-state index in [0.29, 0.717) is 37.6 Å². The first-order chi connectivity index (χ1) is 13.4. The van der Waals surface area contributed by atoms with Gasteiger partial charge in [-0.3, -0.25) is 4.79 Å². The molecule has 5 rings (SSSR count). The van der Waals surface area contributed by atoms with Gasteiger partial charge in [0.25, 0.3) is 0 Å². The van der Waals surface area contributed by atoms with Crippen molar-refractivity contribution in [3.8, 4) is 11.3 Å². The smallest absolute Gasteiger partial charge is 0.222 e. The summed E-state index contributed by atoms with van der Waals surface area (Å²) in [5.41, 5.74) is 1.80. The van der Waals surface area contributed by atoms with E-state index in [9.17, 15) is 9.18 Å². The molecule has 28 heavy (non-hydrogen) atoms. The van der Waals surface area contributed by atoms with Gasteiger partial charge < -0.3 is 14.6 Å². The molecular formula is C20H20FN5O2. The number of aromatic nitrogens is 4. The normalized spacial score (nSPS) is 18.1. The van der Waals surface area contributed by atoms with Gasteiger partial charge in [0.2, 0.25) is 5.91 Å².